The van der Waals surface area contributed by atoms with Gasteiger partial charge in [0.1, 0.15) is 19.3 Å². The summed E-state index contributed by atoms with van der Waals surface area (Å²) in [7, 11) is -9.89. The van der Waals surface area contributed by atoms with Gasteiger partial charge in [0.05, 0.1) is 26.4 Å². The number of carbonyl (C=O) groups is 4. The Labute approximate surface area is 556 Å². The van der Waals surface area contributed by atoms with Crippen LogP contribution < -0.4 is 0 Å². The van der Waals surface area contributed by atoms with Gasteiger partial charge in [-0.05, 0) is 31.6 Å². The van der Waals surface area contributed by atoms with Crippen LogP contribution in [0.3, 0.4) is 0 Å². The smallest absolute Gasteiger partial charge is 0.462 e. The Morgan fingerprint density at radius 3 is 0.747 bits per heavy atom. The molecule has 0 aromatic heterocycles. The molecule has 17 nitrogen and oxygen atoms in total. The summed E-state index contributed by atoms with van der Waals surface area (Å²) in [4.78, 5) is 72.4. The third-order valence-electron chi connectivity index (χ3n) is 16.8. The molecule has 0 fully saturated rings. The van der Waals surface area contributed by atoms with Gasteiger partial charge in [0.15, 0.2) is 12.2 Å². The van der Waals surface area contributed by atoms with Crippen molar-refractivity contribution < 1.29 is 80.2 Å². The highest BCUT2D eigenvalue weighted by molar-refractivity contribution is 7.47. The molecule has 0 heterocycles. The Hall–Kier alpha value is -1.94. The molecule has 0 radical (unpaired) electrons. The highest BCUT2D eigenvalue weighted by Crippen LogP contribution is 2.45. The van der Waals surface area contributed by atoms with E-state index in [0.717, 1.165) is 96.3 Å². The molecule has 91 heavy (non-hydrogen) atoms. The predicted octanol–water partition coefficient (Wildman–Crippen LogP) is 20.9. The summed E-state index contributed by atoms with van der Waals surface area (Å²) in [6.07, 6.45) is 53.2. The van der Waals surface area contributed by atoms with Crippen molar-refractivity contribution in [3.8, 4) is 0 Å². The number of rotatable bonds is 72. The van der Waals surface area contributed by atoms with Gasteiger partial charge in [-0.3, -0.25) is 37.3 Å². The van der Waals surface area contributed by atoms with Crippen LogP contribution >= 0.6 is 15.6 Å². The molecule has 0 saturated carbocycles. The summed E-state index contributed by atoms with van der Waals surface area (Å²) >= 11 is 0. The molecule has 0 aliphatic heterocycles. The number of unbranched alkanes of at least 4 members (excludes halogenated alkanes) is 44. The van der Waals surface area contributed by atoms with E-state index in [0.29, 0.717) is 31.6 Å². The Morgan fingerprint density at radius 1 is 0.297 bits per heavy atom. The molecule has 0 aliphatic rings. The molecule has 0 rings (SSSR count). The van der Waals surface area contributed by atoms with Crippen molar-refractivity contribution in [1.82, 2.24) is 0 Å². The van der Waals surface area contributed by atoms with Gasteiger partial charge in [-0.1, -0.05) is 324 Å². The summed E-state index contributed by atoms with van der Waals surface area (Å²) in [5.41, 5.74) is 0. The molecule has 0 aromatic carbocycles. The van der Waals surface area contributed by atoms with Crippen LogP contribution in [0.1, 0.15) is 375 Å². The average molecular weight is 1340 g/mol. The van der Waals surface area contributed by atoms with Crippen molar-refractivity contribution in [2.24, 2.45) is 5.92 Å². The topological polar surface area (TPSA) is 237 Å². The first-order valence-corrected chi connectivity index (χ1v) is 40.6. The fourth-order valence-corrected chi connectivity index (χ4v) is 12.6. The van der Waals surface area contributed by atoms with Crippen LogP contribution in [0.15, 0.2) is 0 Å². The van der Waals surface area contributed by atoms with Crippen molar-refractivity contribution in [1.29, 1.82) is 0 Å². The maximum absolute atomic E-state index is 13.0. The minimum atomic E-state index is -4.95. The lowest BCUT2D eigenvalue weighted by Crippen LogP contribution is -2.30. The van der Waals surface area contributed by atoms with Crippen molar-refractivity contribution in [2.45, 2.75) is 393 Å². The maximum Gasteiger partial charge on any atom is 0.472 e. The van der Waals surface area contributed by atoms with Crippen LogP contribution in [-0.4, -0.2) is 96.7 Å². The number of phosphoric acid groups is 2. The lowest BCUT2D eigenvalue weighted by atomic mass is 10.0. The van der Waals surface area contributed by atoms with E-state index in [1.54, 1.807) is 0 Å². The number of ether oxygens (including phenoxy) is 4. The van der Waals surface area contributed by atoms with Crippen molar-refractivity contribution >= 4 is 39.5 Å². The first-order valence-electron chi connectivity index (χ1n) is 37.6. The number of phosphoric ester groups is 2. The van der Waals surface area contributed by atoms with E-state index in [1.807, 2.05) is 0 Å². The lowest BCUT2D eigenvalue weighted by molar-refractivity contribution is -0.161. The van der Waals surface area contributed by atoms with Crippen LogP contribution in [0.4, 0.5) is 0 Å². The van der Waals surface area contributed by atoms with Gasteiger partial charge >= 0.3 is 39.5 Å². The molecule has 0 saturated heterocycles. The van der Waals surface area contributed by atoms with E-state index in [4.69, 9.17) is 37.0 Å². The standard InChI is InChI=1S/C72H140O17P2/c1-6-9-12-15-18-21-23-25-26-27-28-29-30-31-32-33-34-36-38-41-47-52-57-71(76)88-67(61-83-70(75)56-51-46-40-37-35-24-22-19-16-13-10-7-2)63-86-90(78,79)84-59-66(73)60-85-91(80,81)87-64-68(62-82-69(74)55-50-45-39-20-17-14-11-8-3)89-72(77)58-53-48-43-42-44-49-54-65(4)5/h65-68,73H,6-64H2,1-5H3,(H,78,79)(H,80,81)/t66-,67-,68-/m1/s1. The van der Waals surface area contributed by atoms with Gasteiger partial charge in [-0.2, -0.15) is 0 Å². The normalized spacial score (nSPS) is 14.0. The molecule has 540 valence electrons. The van der Waals surface area contributed by atoms with Crippen LogP contribution in [0.25, 0.3) is 0 Å². The van der Waals surface area contributed by atoms with Gasteiger partial charge in [0, 0.05) is 25.7 Å². The van der Waals surface area contributed by atoms with E-state index in [9.17, 15) is 43.2 Å². The third kappa shape index (κ3) is 66.5. The van der Waals surface area contributed by atoms with Crippen molar-refractivity contribution in [3.05, 3.63) is 0 Å². The minimum absolute atomic E-state index is 0.102. The minimum Gasteiger partial charge on any atom is -0.462 e. The third-order valence-corrected chi connectivity index (χ3v) is 18.7. The van der Waals surface area contributed by atoms with E-state index >= 15 is 0 Å². The molecule has 0 aliphatic carbocycles. The largest absolute Gasteiger partial charge is 0.472 e. The molecular formula is C72H140O17P2. The average Bonchev–Trinajstić information content (AvgIpc) is 3.27. The van der Waals surface area contributed by atoms with E-state index in [2.05, 4.69) is 34.6 Å². The molecular weight excluding hydrogens is 1200 g/mol. The van der Waals surface area contributed by atoms with Crippen LogP contribution in [0.5, 0.6) is 0 Å². The van der Waals surface area contributed by atoms with Gasteiger partial charge in [-0.25, -0.2) is 9.13 Å². The van der Waals surface area contributed by atoms with Crippen LogP contribution in [0, 0.1) is 5.92 Å². The molecule has 3 N–H and O–H groups in total. The summed E-state index contributed by atoms with van der Waals surface area (Å²) in [6.45, 7) is 7.13. The number of esters is 4. The monoisotopic (exact) mass is 1340 g/mol. The number of carbonyl (C=O) groups excluding carboxylic acids is 4. The molecule has 0 bridgehead atoms. The zero-order chi connectivity index (χ0) is 67.0. The first-order chi connectivity index (χ1) is 44.0. The fourth-order valence-electron chi connectivity index (χ4n) is 11.0. The Balaban J connectivity index is 5.12. The molecule has 0 spiro atoms. The Kier molecular flexibility index (Phi) is 64.0. The summed E-state index contributed by atoms with van der Waals surface area (Å²) in [6, 6.07) is 0. The Bertz CT molecular complexity index is 1750. The van der Waals surface area contributed by atoms with Gasteiger partial charge in [0.2, 0.25) is 0 Å². The van der Waals surface area contributed by atoms with E-state index in [1.165, 1.54) is 193 Å². The molecule has 2 unspecified atom stereocenters. The molecule has 5 atom stereocenters. The summed E-state index contributed by atoms with van der Waals surface area (Å²) in [5, 5.41) is 10.6. The zero-order valence-electron chi connectivity index (χ0n) is 59.0. The summed E-state index contributed by atoms with van der Waals surface area (Å²) in [5.74, 6) is -1.46. The first kappa shape index (κ1) is 89.1. The Morgan fingerprint density at radius 2 is 0.505 bits per heavy atom. The fraction of sp³-hybridized carbons (Fsp3) is 0.944. The lowest BCUT2D eigenvalue weighted by Gasteiger charge is -2.21. The summed E-state index contributed by atoms with van der Waals surface area (Å²) < 4.78 is 68.2. The highest BCUT2D eigenvalue weighted by Gasteiger charge is 2.30. The second kappa shape index (κ2) is 65.4. The number of aliphatic hydroxyl groups excluding tert-OH is 1. The van der Waals surface area contributed by atoms with Crippen LogP contribution in [0.2, 0.25) is 0 Å². The van der Waals surface area contributed by atoms with Gasteiger partial charge in [-0.15, -0.1) is 0 Å². The molecule has 19 heteroatoms. The molecule has 0 aromatic rings. The maximum atomic E-state index is 13.0. The van der Waals surface area contributed by atoms with Crippen molar-refractivity contribution in [2.75, 3.05) is 39.6 Å². The number of hydrogen-bond donors (Lipinski definition) is 3. The highest BCUT2D eigenvalue weighted by atomic mass is 31.2. The zero-order valence-corrected chi connectivity index (χ0v) is 60.8. The van der Waals surface area contributed by atoms with E-state index < -0.39 is 97.5 Å². The second-order valence-electron chi connectivity index (χ2n) is 26.5. The van der Waals surface area contributed by atoms with Crippen molar-refractivity contribution in [3.63, 3.8) is 0 Å². The number of aliphatic hydroxyl groups is 1. The van der Waals surface area contributed by atoms with Gasteiger partial charge < -0.3 is 33.8 Å². The van der Waals surface area contributed by atoms with Gasteiger partial charge in [0.25, 0.3) is 0 Å². The van der Waals surface area contributed by atoms with E-state index in [-0.39, 0.29) is 25.7 Å². The van der Waals surface area contributed by atoms with Crippen LogP contribution in [-0.2, 0) is 65.4 Å². The second-order valence-corrected chi connectivity index (χ2v) is 29.4. The quantitative estimate of drug-likeness (QED) is 0.0222. The SMILES string of the molecule is CCCCCCCCCCCCCCCCCCCCCCCCC(=O)O[C@H](COC(=O)CCCCCCCCCCCCCC)COP(=O)(O)OC[C@@H](O)COP(=O)(O)OC[C@@H](COC(=O)CCCCCCCCCC)OC(=O)CCCCCCCCC(C)C. The predicted molar refractivity (Wildman–Crippen MR) is 368 cm³/mol. The molecule has 0 amide bonds. The number of hydrogen-bond acceptors (Lipinski definition) is 15.